The van der Waals surface area contributed by atoms with Crippen LogP contribution in [0.25, 0.3) is 0 Å². The molecule has 1 aliphatic heterocycles. The highest BCUT2D eigenvalue weighted by Gasteiger charge is 2.35. The van der Waals surface area contributed by atoms with E-state index in [0.29, 0.717) is 43.6 Å². The Kier molecular flexibility index (Phi) is 7.36. The minimum absolute atomic E-state index is 0.0474. The van der Waals surface area contributed by atoms with Gasteiger partial charge in [-0.25, -0.2) is 0 Å². The van der Waals surface area contributed by atoms with E-state index in [1.165, 1.54) is 0 Å². The third-order valence-corrected chi connectivity index (χ3v) is 5.46. The Bertz CT molecular complexity index is 861. The molecule has 0 spiro atoms. The zero-order valence-corrected chi connectivity index (χ0v) is 17.8. The van der Waals surface area contributed by atoms with Crippen molar-refractivity contribution in [1.82, 2.24) is 4.90 Å². The summed E-state index contributed by atoms with van der Waals surface area (Å²) in [6.07, 6.45) is 1.81. The quantitative estimate of drug-likeness (QED) is 0.621. The molecule has 1 amide bonds. The van der Waals surface area contributed by atoms with Crippen molar-refractivity contribution >= 4 is 5.91 Å². The summed E-state index contributed by atoms with van der Waals surface area (Å²) >= 11 is 0. The van der Waals surface area contributed by atoms with Crippen molar-refractivity contribution in [3.63, 3.8) is 0 Å². The third kappa shape index (κ3) is 4.44. The van der Waals surface area contributed by atoms with Crippen LogP contribution in [-0.2, 0) is 9.53 Å². The average Bonchev–Trinajstić information content (AvgIpc) is 2.82. The van der Waals surface area contributed by atoms with Crippen molar-refractivity contribution in [2.24, 2.45) is 0 Å². The van der Waals surface area contributed by atoms with Crippen LogP contribution in [0.1, 0.15) is 23.0 Å². The fourth-order valence-electron chi connectivity index (χ4n) is 3.90. The highest BCUT2D eigenvalue weighted by atomic mass is 16.5. The van der Waals surface area contributed by atoms with Gasteiger partial charge in [-0.2, -0.15) is 0 Å². The van der Waals surface area contributed by atoms with Gasteiger partial charge in [0, 0.05) is 30.6 Å². The minimum Gasteiger partial charge on any atom is -0.496 e. The maximum absolute atomic E-state index is 13.7. The predicted octanol–water partition coefficient (Wildman–Crippen LogP) is 3.62. The molecule has 0 saturated carbocycles. The first-order chi connectivity index (χ1) is 14.6. The van der Waals surface area contributed by atoms with E-state index in [2.05, 4.69) is 6.58 Å². The molecule has 160 valence electrons. The highest BCUT2D eigenvalue weighted by Crippen LogP contribution is 2.44. The van der Waals surface area contributed by atoms with Crippen molar-refractivity contribution in [2.45, 2.75) is 11.8 Å². The van der Waals surface area contributed by atoms with E-state index in [-0.39, 0.29) is 11.8 Å². The van der Waals surface area contributed by atoms with Crippen molar-refractivity contribution in [3.8, 4) is 17.2 Å². The van der Waals surface area contributed by atoms with E-state index in [1.807, 2.05) is 41.3 Å². The molecule has 1 aliphatic rings. The van der Waals surface area contributed by atoms with E-state index in [1.54, 1.807) is 33.5 Å². The van der Waals surface area contributed by atoms with Gasteiger partial charge in [-0.05, 0) is 11.6 Å². The average molecular weight is 411 g/mol. The number of ether oxygens (including phenoxy) is 4. The van der Waals surface area contributed by atoms with Gasteiger partial charge in [0.25, 0.3) is 0 Å². The molecule has 0 bridgehead atoms. The largest absolute Gasteiger partial charge is 0.496 e. The van der Waals surface area contributed by atoms with Gasteiger partial charge in [0.2, 0.25) is 5.91 Å². The molecule has 2 aromatic rings. The zero-order chi connectivity index (χ0) is 21.5. The highest BCUT2D eigenvalue weighted by molar-refractivity contribution is 5.85. The molecule has 2 aromatic carbocycles. The van der Waals surface area contributed by atoms with E-state index in [4.69, 9.17) is 18.9 Å². The molecule has 2 atom stereocenters. The number of benzene rings is 2. The Morgan fingerprint density at radius 2 is 1.60 bits per heavy atom. The zero-order valence-electron chi connectivity index (χ0n) is 17.8. The Balaban J connectivity index is 2.11. The topological polar surface area (TPSA) is 57.2 Å². The number of amides is 1. The number of morpholine rings is 1. The van der Waals surface area contributed by atoms with Crippen LogP contribution in [0.15, 0.2) is 55.1 Å². The molecule has 0 aliphatic carbocycles. The summed E-state index contributed by atoms with van der Waals surface area (Å²) < 4.78 is 22.0. The molecule has 1 heterocycles. The SMILES string of the molecule is C=C[C@H](c1cc(OC)c(OC)cc1OC)[C@H](C(=O)N1CCOCC1)c1ccccc1. The molecule has 6 heteroatoms. The van der Waals surface area contributed by atoms with Crippen LogP contribution in [0.3, 0.4) is 0 Å². The van der Waals surface area contributed by atoms with E-state index in [0.717, 1.165) is 11.1 Å². The second kappa shape index (κ2) is 10.2. The van der Waals surface area contributed by atoms with Gasteiger partial charge in [0.05, 0.1) is 40.5 Å². The van der Waals surface area contributed by atoms with Crippen LogP contribution in [0, 0.1) is 0 Å². The van der Waals surface area contributed by atoms with E-state index in [9.17, 15) is 4.79 Å². The Labute approximate surface area is 178 Å². The van der Waals surface area contributed by atoms with Crippen LogP contribution in [0.5, 0.6) is 17.2 Å². The summed E-state index contributed by atoms with van der Waals surface area (Å²) in [5, 5.41) is 0. The third-order valence-electron chi connectivity index (χ3n) is 5.46. The fourth-order valence-corrected chi connectivity index (χ4v) is 3.90. The van der Waals surface area contributed by atoms with E-state index < -0.39 is 5.92 Å². The summed E-state index contributed by atoms with van der Waals surface area (Å²) in [6.45, 7) is 6.31. The van der Waals surface area contributed by atoms with Crippen LogP contribution >= 0.6 is 0 Å². The Morgan fingerprint density at radius 3 is 2.17 bits per heavy atom. The summed E-state index contributed by atoms with van der Waals surface area (Å²) in [6, 6.07) is 13.4. The minimum atomic E-state index is -0.450. The molecule has 0 unspecified atom stereocenters. The van der Waals surface area contributed by atoms with Crippen LogP contribution in [-0.4, -0.2) is 58.4 Å². The molecular formula is C24H29NO5. The molecule has 0 radical (unpaired) electrons. The molecule has 1 saturated heterocycles. The first-order valence-corrected chi connectivity index (χ1v) is 9.98. The number of methoxy groups -OCH3 is 3. The van der Waals surface area contributed by atoms with Gasteiger partial charge >= 0.3 is 0 Å². The normalized spacial score (nSPS) is 15.8. The van der Waals surface area contributed by atoms with Gasteiger partial charge in [-0.15, -0.1) is 6.58 Å². The van der Waals surface area contributed by atoms with Crippen LogP contribution in [0.4, 0.5) is 0 Å². The van der Waals surface area contributed by atoms with Gasteiger partial charge < -0.3 is 23.8 Å². The molecule has 0 aromatic heterocycles. The summed E-state index contributed by atoms with van der Waals surface area (Å²) in [7, 11) is 4.77. The van der Waals surface area contributed by atoms with Crippen molar-refractivity contribution in [3.05, 3.63) is 66.2 Å². The number of rotatable bonds is 8. The van der Waals surface area contributed by atoms with Gasteiger partial charge in [-0.3, -0.25) is 4.79 Å². The lowest BCUT2D eigenvalue weighted by molar-refractivity contribution is -0.137. The fraction of sp³-hybridized carbons (Fsp3) is 0.375. The summed E-state index contributed by atoms with van der Waals surface area (Å²) in [5.74, 6) is 1.04. The number of allylic oxidation sites excluding steroid dienone is 1. The summed E-state index contributed by atoms with van der Waals surface area (Å²) in [4.78, 5) is 15.5. The Morgan fingerprint density at radius 1 is 1.00 bits per heavy atom. The summed E-state index contributed by atoms with van der Waals surface area (Å²) in [5.41, 5.74) is 1.75. The van der Waals surface area contributed by atoms with Crippen LogP contribution < -0.4 is 14.2 Å². The monoisotopic (exact) mass is 411 g/mol. The number of nitrogens with zero attached hydrogens (tertiary/aromatic N) is 1. The van der Waals surface area contributed by atoms with Gasteiger partial charge in [0.15, 0.2) is 11.5 Å². The van der Waals surface area contributed by atoms with Crippen LogP contribution in [0.2, 0.25) is 0 Å². The van der Waals surface area contributed by atoms with Crippen molar-refractivity contribution in [2.75, 3.05) is 47.6 Å². The molecule has 3 rings (SSSR count). The predicted molar refractivity (Wildman–Crippen MR) is 116 cm³/mol. The molecular weight excluding hydrogens is 382 g/mol. The lowest BCUT2D eigenvalue weighted by Crippen LogP contribution is -2.44. The molecule has 1 fully saturated rings. The van der Waals surface area contributed by atoms with Crippen molar-refractivity contribution < 1.29 is 23.7 Å². The second-order valence-electron chi connectivity index (χ2n) is 7.04. The smallest absolute Gasteiger partial charge is 0.231 e. The first-order valence-electron chi connectivity index (χ1n) is 9.98. The molecule has 6 nitrogen and oxygen atoms in total. The van der Waals surface area contributed by atoms with Crippen molar-refractivity contribution in [1.29, 1.82) is 0 Å². The van der Waals surface area contributed by atoms with Gasteiger partial charge in [-0.1, -0.05) is 36.4 Å². The molecule has 0 N–H and O–H groups in total. The number of hydrogen-bond donors (Lipinski definition) is 0. The lowest BCUT2D eigenvalue weighted by atomic mass is 9.79. The van der Waals surface area contributed by atoms with E-state index >= 15 is 0 Å². The second-order valence-corrected chi connectivity index (χ2v) is 7.04. The lowest BCUT2D eigenvalue weighted by Gasteiger charge is -2.34. The Hall–Kier alpha value is -2.99. The number of carbonyl (C=O) groups is 1. The van der Waals surface area contributed by atoms with Gasteiger partial charge in [0.1, 0.15) is 5.75 Å². The standard InChI is InChI=1S/C24H29NO5/c1-5-18(19-15-21(28-3)22(29-4)16-20(19)27-2)23(17-9-7-6-8-10-17)24(26)25-11-13-30-14-12-25/h5-10,15-16,18,23H,1,11-14H2,2-4H3/t18-,23-/m1/s1. The maximum atomic E-state index is 13.7. The number of hydrogen-bond acceptors (Lipinski definition) is 5. The number of carbonyl (C=O) groups excluding carboxylic acids is 1. The molecule has 30 heavy (non-hydrogen) atoms. The maximum Gasteiger partial charge on any atom is 0.231 e. The first kappa shape index (κ1) is 21.7.